The van der Waals surface area contributed by atoms with Gasteiger partial charge in [0.05, 0.1) is 12.6 Å². The molecule has 0 saturated carbocycles. The first-order chi connectivity index (χ1) is 6.52. The van der Waals surface area contributed by atoms with E-state index in [-0.39, 0.29) is 18.4 Å². The molecule has 0 aromatic carbocycles. The van der Waals surface area contributed by atoms with Crippen LogP contribution < -0.4 is 11.1 Å². The third-order valence-corrected chi connectivity index (χ3v) is 1.94. The molecule has 14 heavy (non-hydrogen) atoms. The van der Waals surface area contributed by atoms with Gasteiger partial charge in [-0.25, -0.2) is 0 Å². The van der Waals surface area contributed by atoms with Gasteiger partial charge >= 0.3 is 0 Å². The number of amides is 2. The second kappa shape index (κ2) is 6.37. The Bertz CT molecular complexity index is 200. The lowest BCUT2D eigenvalue weighted by atomic mass is 10.3. The second-order valence-corrected chi connectivity index (χ2v) is 3.07. The van der Waals surface area contributed by atoms with Crippen LogP contribution in [0.25, 0.3) is 0 Å². The average molecular weight is 201 g/mol. The van der Waals surface area contributed by atoms with Crippen molar-refractivity contribution in [1.82, 2.24) is 10.2 Å². The third kappa shape index (κ3) is 4.23. The monoisotopic (exact) mass is 201 g/mol. The van der Waals surface area contributed by atoms with Crippen molar-refractivity contribution < 1.29 is 9.59 Å². The summed E-state index contributed by atoms with van der Waals surface area (Å²) in [5.74, 6) is -0.380. The van der Waals surface area contributed by atoms with Crippen LogP contribution in [0.15, 0.2) is 0 Å². The van der Waals surface area contributed by atoms with E-state index < -0.39 is 6.04 Å². The molecule has 0 aliphatic heterocycles. The van der Waals surface area contributed by atoms with E-state index in [9.17, 15) is 9.59 Å². The molecule has 0 aromatic heterocycles. The van der Waals surface area contributed by atoms with Gasteiger partial charge in [0.1, 0.15) is 0 Å². The maximum absolute atomic E-state index is 11.4. The second-order valence-electron chi connectivity index (χ2n) is 3.07. The number of carbonyl (C=O) groups excluding carboxylic acids is 2. The molecule has 1 atom stereocenters. The number of carbonyl (C=O) groups is 2. The Morgan fingerprint density at radius 3 is 2.21 bits per heavy atom. The van der Waals surface area contributed by atoms with Gasteiger partial charge in [-0.05, 0) is 20.8 Å². The van der Waals surface area contributed by atoms with Crippen LogP contribution in [0.3, 0.4) is 0 Å². The minimum Gasteiger partial charge on any atom is -0.346 e. The van der Waals surface area contributed by atoms with Crippen LogP contribution in [0.4, 0.5) is 0 Å². The summed E-state index contributed by atoms with van der Waals surface area (Å²) in [5.41, 5.74) is 5.33. The molecule has 82 valence electrons. The first-order valence-electron chi connectivity index (χ1n) is 4.83. The molecule has 0 bridgehead atoms. The molecular formula is C9H19N3O2. The largest absolute Gasteiger partial charge is 0.346 e. The average Bonchev–Trinajstić information content (AvgIpc) is 2.15. The molecule has 0 rings (SSSR count). The van der Waals surface area contributed by atoms with E-state index in [0.717, 1.165) is 0 Å². The van der Waals surface area contributed by atoms with Gasteiger partial charge in [0, 0.05) is 13.1 Å². The highest BCUT2D eigenvalue weighted by Crippen LogP contribution is 1.87. The third-order valence-electron chi connectivity index (χ3n) is 1.94. The van der Waals surface area contributed by atoms with E-state index in [0.29, 0.717) is 13.1 Å². The molecule has 0 aliphatic carbocycles. The lowest BCUT2D eigenvalue weighted by molar-refractivity contribution is -0.132. The lowest BCUT2D eigenvalue weighted by Crippen LogP contribution is -2.44. The number of nitrogens with two attached hydrogens (primary N) is 1. The number of nitrogens with zero attached hydrogens (tertiary/aromatic N) is 1. The van der Waals surface area contributed by atoms with E-state index in [1.165, 1.54) is 0 Å². The summed E-state index contributed by atoms with van der Waals surface area (Å²) in [5, 5.41) is 2.48. The van der Waals surface area contributed by atoms with Crippen molar-refractivity contribution in [2.75, 3.05) is 19.6 Å². The Balaban J connectivity index is 3.89. The van der Waals surface area contributed by atoms with E-state index in [1.54, 1.807) is 11.8 Å². The highest BCUT2D eigenvalue weighted by atomic mass is 16.2. The zero-order chi connectivity index (χ0) is 11.1. The van der Waals surface area contributed by atoms with Crippen LogP contribution in [0, 0.1) is 0 Å². The highest BCUT2D eigenvalue weighted by Gasteiger charge is 2.12. The molecule has 5 nitrogen and oxygen atoms in total. The maximum atomic E-state index is 11.4. The summed E-state index contributed by atoms with van der Waals surface area (Å²) in [6.07, 6.45) is 0. The first kappa shape index (κ1) is 12.9. The van der Waals surface area contributed by atoms with Gasteiger partial charge in [-0.2, -0.15) is 0 Å². The molecule has 2 amide bonds. The van der Waals surface area contributed by atoms with Crippen LogP contribution in [0.2, 0.25) is 0 Å². The summed E-state index contributed by atoms with van der Waals surface area (Å²) in [6, 6.07) is -0.570. The topological polar surface area (TPSA) is 75.4 Å². The standard InChI is InChI=1S/C9H19N3O2/c1-4-12(5-2)8(13)6-11-9(14)7(3)10/h7H,4-6,10H2,1-3H3,(H,11,14)/t7-/m1/s1. The van der Waals surface area contributed by atoms with Gasteiger partial charge in [-0.1, -0.05) is 0 Å². The molecule has 0 radical (unpaired) electrons. The summed E-state index contributed by atoms with van der Waals surface area (Å²) in [6.45, 7) is 6.72. The Kier molecular flexibility index (Phi) is 5.87. The molecule has 5 heteroatoms. The predicted octanol–water partition coefficient (Wildman–Crippen LogP) is -0.682. The maximum Gasteiger partial charge on any atom is 0.241 e. The zero-order valence-corrected chi connectivity index (χ0v) is 9.04. The molecule has 0 heterocycles. The van der Waals surface area contributed by atoms with E-state index >= 15 is 0 Å². The minimum atomic E-state index is -0.570. The summed E-state index contributed by atoms with van der Waals surface area (Å²) in [7, 11) is 0. The van der Waals surface area contributed by atoms with Gasteiger partial charge in [-0.3, -0.25) is 9.59 Å². The number of likely N-dealkylation sites (N-methyl/N-ethyl adjacent to an activating group) is 1. The van der Waals surface area contributed by atoms with Crippen molar-refractivity contribution >= 4 is 11.8 Å². The van der Waals surface area contributed by atoms with Crippen LogP contribution in [-0.4, -0.2) is 42.4 Å². The first-order valence-corrected chi connectivity index (χ1v) is 4.83. The quantitative estimate of drug-likeness (QED) is 0.618. The Hall–Kier alpha value is -1.10. The van der Waals surface area contributed by atoms with Gasteiger partial charge in [0.25, 0.3) is 0 Å². The van der Waals surface area contributed by atoms with Crippen molar-refractivity contribution in [3.05, 3.63) is 0 Å². The van der Waals surface area contributed by atoms with Gasteiger partial charge in [0.15, 0.2) is 0 Å². The Morgan fingerprint density at radius 2 is 1.86 bits per heavy atom. The van der Waals surface area contributed by atoms with Gasteiger partial charge in [0.2, 0.25) is 11.8 Å². The molecule has 0 fully saturated rings. The zero-order valence-electron chi connectivity index (χ0n) is 9.04. The summed E-state index contributed by atoms with van der Waals surface area (Å²) >= 11 is 0. The molecular weight excluding hydrogens is 182 g/mol. The van der Waals surface area contributed by atoms with Crippen molar-refractivity contribution in [1.29, 1.82) is 0 Å². The van der Waals surface area contributed by atoms with Crippen LogP contribution in [-0.2, 0) is 9.59 Å². The fourth-order valence-corrected chi connectivity index (χ4v) is 1.01. The van der Waals surface area contributed by atoms with E-state index in [1.807, 2.05) is 13.8 Å². The lowest BCUT2D eigenvalue weighted by Gasteiger charge is -2.19. The predicted molar refractivity (Wildman–Crippen MR) is 54.6 cm³/mol. The van der Waals surface area contributed by atoms with Gasteiger partial charge < -0.3 is 16.0 Å². The van der Waals surface area contributed by atoms with Crippen molar-refractivity contribution in [3.8, 4) is 0 Å². The van der Waals surface area contributed by atoms with Crippen LogP contribution in [0.1, 0.15) is 20.8 Å². The Labute approximate surface area is 84.6 Å². The molecule has 0 aromatic rings. The fraction of sp³-hybridized carbons (Fsp3) is 0.778. The number of hydrogen-bond donors (Lipinski definition) is 2. The van der Waals surface area contributed by atoms with Crippen molar-refractivity contribution in [2.24, 2.45) is 5.73 Å². The highest BCUT2D eigenvalue weighted by molar-refractivity contribution is 5.87. The van der Waals surface area contributed by atoms with Gasteiger partial charge in [-0.15, -0.1) is 0 Å². The van der Waals surface area contributed by atoms with E-state index in [2.05, 4.69) is 5.32 Å². The molecule has 3 N–H and O–H groups in total. The number of hydrogen-bond acceptors (Lipinski definition) is 3. The summed E-state index contributed by atoms with van der Waals surface area (Å²) in [4.78, 5) is 24.1. The van der Waals surface area contributed by atoms with Crippen LogP contribution in [0.5, 0.6) is 0 Å². The smallest absolute Gasteiger partial charge is 0.241 e. The number of rotatable bonds is 5. The van der Waals surface area contributed by atoms with Crippen molar-refractivity contribution in [3.63, 3.8) is 0 Å². The molecule has 0 spiro atoms. The van der Waals surface area contributed by atoms with E-state index in [4.69, 9.17) is 5.73 Å². The molecule has 0 aliphatic rings. The SMILES string of the molecule is CCN(CC)C(=O)CNC(=O)[C@@H](C)N. The Morgan fingerprint density at radius 1 is 1.36 bits per heavy atom. The normalized spacial score (nSPS) is 12.0. The molecule has 0 saturated heterocycles. The van der Waals surface area contributed by atoms with Crippen molar-refractivity contribution in [2.45, 2.75) is 26.8 Å². The minimum absolute atomic E-state index is 0.0298. The summed E-state index contributed by atoms with van der Waals surface area (Å²) < 4.78 is 0. The fourth-order valence-electron chi connectivity index (χ4n) is 1.01. The number of nitrogens with one attached hydrogen (secondary N) is 1. The molecule has 0 unspecified atom stereocenters. The van der Waals surface area contributed by atoms with Crippen LogP contribution >= 0.6 is 0 Å².